The Balaban J connectivity index is 2.93. The molecule has 1 aromatic rings. The predicted molar refractivity (Wildman–Crippen MR) is 49.6 cm³/mol. The molecule has 0 heteroatoms. The molecule has 1 aromatic carbocycles. The minimum atomic E-state index is 1.12. The zero-order valence-corrected chi connectivity index (χ0v) is 7.52. The lowest BCUT2D eigenvalue weighted by atomic mass is 10.0. The Morgan fingerprint density at radius 3 is 2.64 bits per heavy atom. The topological polar surface area (TPSA) is 0 Å². The molecule has 0 bridgehead atoms. The highest BCUT2D eigenvalue weighted by Crippen LogP contribution is 2.13. The van der Waals surface area contributed by atoms with Crippen LogP contribution < -0.4 is 0 Å². The summed E-state index contributed by atoms with van der Waals surface area (Å²) in [6, 6.07) is 6.57. The molecular formula is C11H15. The van der Waals surface area contributed by atoms with Gasteiger partial charge in [-0.1, -0.05) is 30.7 Å². The van der Waals surface area contributed by atoms with Crippen LogP contribution in [-0.4, -0.2) is 0 Å². The van der Waals surface area contributed by atoms with E-state index >= 15 is 0 Å². The zero-order valence-electron chi connectivity index (χ0n) is 7.52. The second-order valence-electron chi connectivity index (χ2n) is 2.97. The molecule has 0 aliphatic rings. The average Bonchev–Trinajstić information content (AvgIpc) is 1.98. The van der Waals surface area contributed by atoms with Gasteiger partial charge in [0.25, 0.3) is 0 Å². The van der Waals surface area contributed by atoms with Crippen molar-refractivity contribution >= 4 is 0 Å². The second-order valence-corrected chi connectivity index (χ2v) is 2.97. The van der Waals surface area contributed by atoms with E-state index in [-0.39, 0.29) is 0 Å². The first-order chi connectivity index (χ1) is 5.24. The molecule has 0 saturated carbocycles. The smallest absolute Gasteiger partial charge is 0.00930 e. The largest absolute Gasteiger partial charge is 0.0648 e. The summed E-state index contributed by atoms with van der Waals surface area (Å²) in [5, 5.41) is 0. The lowest BCUT2D eigenvalue weighted by Gasteiger charge is -2.03. The van der Waals surface area contributed by atoms with E-state index in [9.17, 15) is 0 Å². The standard InChI is InChI=1S/C11H15/c1-4-5-11-8-9(2)6-7-10(11)3/h5-8H,4H2,1-3H3. The fraction of sp³-hybridized carbons (Fsp3) is 0.364. The Morgan fingerprint density at radius 2 is 2.00 bits per heavy atom. The minimum absolute atomic E-state index is 1.12. The summed E-state index contributed by atoms with van der Waals surface area (Å²) in [4.78, 5) is 0. The minimum Gasteiger partial charge on any atom is -0.0648 e. The summed E-state index contributed by atoms with van der Waals surface area (Å²) in [5.74, 6) is 0. The Morgan fingerprint density at radius 1 is 1.27 bits per heavy atom. The maximum Gasteiger partial charge on any atom is -0.00930 e. The summed E-state index contributed by atoms with van der Waals surface area (Å²) in [7, 11) is 0. The summed E-state index contributed by atoms with van der Waals surface area (Å²) in [6.07, 6.45) is 3.38. The first kappa shape index (κ1) is 8.32. The van der Waals surface area contributed by atoms with Crippen LogP contribution in [0.4, 0.5) is 0 Å². The van der Waals surface area contributed by atoms with Gasteiger partial charge in [-0.2, -0.15) is 0 Å². The van der Waals surface area contributed by atoms with E-state index in [1.807, 2.05) is 0 Å². The van der Waals surface area contributed by atoms with Gasteiger partial charge in [-0.05, 0) is 37.8 Å². The van der Waals surface area contributed by atoms with Crippen LogP contribution in [0.1, 0.15) is 30.0 Å². The Kier molecular flexibility index (Phi) is 2.70. The summed E-state index contributed by atoms with van der Waals surface area (Å²) in [6.45, 7) is 6.45. The van der Waals surface area contributed by atoms with Gasteiger partial charge < -0.3 is 0 Å². The van der Waals surface area contributed by atoms with E-state index in [1.54, 1.807) is 0 Å². The lowest BCUT2D eigenvalue weighted by Crippen LogP contribution is -1.86. The van der Waals surface area contributed by atoms with Crippen LogP contribution in [0, 0.1) is 20.3 Å². The van der Waals surface area contributed by atoms with E-state index in [0.717, 1.165) is 6.42 Å². The number of aryl methyl sites for hydroxylation is 2. The van der Waals surface area contributed by atoms with Gasteiger partial charge in [0.2, 0.25) is 0 Å². The Bertz CT molecular complexity index is 236. The number of rotatable bonds is 2. The van der Waals surface area contributed by atoms with Crippen molar-refractivity contribution in [3.8, 4) is 0 Å². The predicted octanol–water partition coefficient (Wildman–Crippen LogP) is 3.27. The summed E-state index contributed by atoms with van der Waals surface area (Å²) >= 11 is 0. The average molecular weight is 147 g/mol. The van der Waals surface area contributed by atoms with Gasteiger partial charge in [-0.3, -0.25) is 0 Å². The fourth-order valence-electron chi connectivity index (χ4n) is 1.20. The number of benzene rings is 1. The van der Waals surface area contributed by atoms with Gasteiger partial charge in [0.05, 0.1) is 0 Å². The van der Waals surface area contributed by atoms with E-state index < -0.39 is 0 Å². The third-order valence-electron chi connectivity index (χ3n) is 1.86. The molecule has 0 aliphatic heterocycles. The number of hydrogen-bond donors (Lipinski definition) is 0. The Hall–Kier alpha value is -0.780. The van der Waals surface area contributed by atoms with Crippen molar-refractivity contribution in [2.75, 3.05) is 0 Å². The van der Waals surface area contributed by atoms with Gasteiger partial charge in [0.15, 0.2) is 0 Å². The molecule has 0 saturated heterocycles. The van der Waals surface area contributed by atoms with Crippen molar-refractivity contribution in [3.63, 3.8) is 0 Å². The lowest BCUT2D eigenvalue weighted by molar-refractivity contribution is 1.10. The van der Waals surface area contributed by atoms with E-state index in [1.165, 1.54) is 16.7 Å². The highest BCUT2D eigenvalue weighted by molar-refractivity contribution is 5.35. The summed E-state index contributed by atoms with van der Waals surface area (Å²) in [5.41, 5.74) is 4.10. The van der Waals surface area contributed by atoms with Crippen molar-refractivity contribution in [1.29, 1.82) is 0 Å². The molecule has 59 valence electrons. The first-order valence-corrected chi connectivity index (χ1v) is 4.14. The van der Waals surface area contributed by atoms with Crippen molar-refractivity contribution in [3.05, 3.63) is 41.3 Å². The molecule has 0 amide bonds. The zero-order chi connectivity index (χ0) is 8.27. The molecule has 0 aromatic heterocycles. The van der Waals surface area contributed by atoms with Crippen molar-refractivity contribution in [2.45, 2.75) is 27.2 Å². The third kappa shape index (κ3) is 2.07. The van der Waals surface area contributed by atoms with Crippen LogP contribution in [0.2, 0.25) is 0 Å². The Labute approximate surface area is 69.3 Å². The maximum atomic E-state index is 2.27. The summed E-state index contributed by atoms with van der Waals surface area (Å²) < 4.78 is 0. The normalized spacial score (nSPS) is 10.1. The van der Waals surface area contributed by atoms with Crippen molar-refractivity contribution < 1.29 is 0 Å². The second kappa shape index (κ2) is 3.56. The molecule has 1 radical (unpaired) electrons. The quantitative estimate of drug-likeness (QED) is 0.602. The van der Waals surface area contributed by atoms with E-state index in [4.69, 9.17) is 0 Å². The molecule has 0 unspecified atom stereocenters. The van der Waals surface area contributed by atoms with Gasteiger partial charge in [0.1, 0.15) is 0 Å². The highest BCUT2D eigenvalue weighted by atomic mass is 14.0. The molecule has 0 heterocycles. The highest BCUT2D eigenvalue weighted by Gasteiger charge is 1.96. The molecule has 0 spiro atoms. The van der Waals surface area contributed by atoms with Gasteiger partial charge in [-0.15, -0.1) is 0 Å². The maximum absolute atomic E-state index is 2.27. The van der Waals surface area contributed by atoms with Crippen molar-refractivity contribution in [1.82, 2.24) is 0 Å². The van der Waals surface area contributed by atoms with Gasteiger partial charge in [-0.25, -0.2) is 0 Å². The molecule has 0 N–H and O–H groups in total. The van der Waals surface area contributed by atoms with Gasteiger partial charge >= 0.3 is 0 Å². The van der Waals surface area contributed by atoms with E-state index in [0.29, 0.717) is 0 Å². The first-order valence-electron chi connectivity index (χ1n) is 4.14. The van der Waals surface area contributed by atoms with Crippen LogP contribution in [-0.2, 0) is 0 Å². The molecule has 0 nitrogen and oxygen atoms in total. The van der Waals surface area contributed by atoms with Gasteiger partial charge in [0, 0.05) is 0 Å². The molecule has 1 rings (SSSR count). The van der Waals surface area contributed by atoms with Crippen LogP contribution in [0.3, 0.4) is 0 Å². The molecule has 0 fully saturated rings. The molecular weight excluding hydrogens is 132 g/mol. The van der Waals surface area contributed by atoms with Crippen LogP contribution >= 0.6 is 0 Å². The van der Waals surface area contributed by atoms with Crippen LogP contribution in [0.25, 0.3) is 0 Å². The van der Waals surface area contributed by atoms with E-state index in [2.05, 4.69) is 45.4 Å². The molecule has 11 heavy (non-hydrogen) atoms. The van der Waals surface area contributed by atoms with Crippen LogP contribution in [0.5, 0.6) is 0 Å². The monoisotopic (exact) mass is 147 g/mol. The molecule has 0 atom stereocenters. The van der Waals surface area contributed by atoms with Crippen LogP contribution in [0.15, 0.2) is 18.2 Å². The fourth-order valence-corrected chi connectivity index (χ4v) is 1.20. The van der Waals surface area contributed by atoms with Crippen molar-refractivity contribution in [2.24, 2.45) is 0 Å². The SMILES string of the molecule is CC[CH]c1cc(C)ccc1C. The molecule has 0 aliphatic carbocycles. The third-order valence-corrected chi connectivity index (χ3v) is 1.86. The number of hydrogen-bond acceptors (Lipinski definition) is 0.